The minimum atomic E-state index is -2.73. The molecule has 1 aromatic heterocycles. The van der Waals surface area contributed by atoms with Crippen LogP contribution in [0.3, 0.4) is 0 Å². The minimum Gasteiger partial charge on any atom is -0.469 e. The third kappa shape index (κ3) is 3.24. The number of rotatable bonds is 3. The fraction of sp³-hybridized carbons (Fsp3) is 0.333. The van der Waals surface area contributed by atoms with Crippen molar-refractivity contribution in [1.29, 1.82) is 0 Å². The van der Waals surface area contributed by atoms with Crippen LogP contribution in [0.15, 0.2) is 6.07 Å². The van der Waals surface area contributed by atoms with Gasteiger partial charge in [0.2, 0.25) is 0 Å². The maximum Gasteiger partial charge on any atom is 0.310 e. The summed E-state index contributed by atoms with van der Waals surface area (Å²) in [4.78, 5) is 14.7. The van der Waals surface area contributed by atoms with Crippen LogP contribution in [0.5, 0.6) is 0 Å². The smallest absolute Gasteiger partial charge is 0.310 e. The van der Waals surface area contributed by atoms with Crippen molar-refractivity contribution in [2.24, 2.45) is 0 Å². The number of carbonyl (C=O) groups excluding carboxylic acids is 1. The van der Waals surface area contributed by atoms with Gasteiger partial charge in [0, 0.05) is 0 Å². The van der Waals surface area contributed by atoms with Crippen LogP contribution in [0.1, 0.15) is 17.7 Å². The van der Waals surface area contributed by atoms with Gasteiger partial charge in [-0.3, -0.25) is 4.79 Å². The van der Waals surface area contributed by atoms with Crippen LogP contribution in [0.2, 0.25) is 5.02 Å². The van der Waals surface area contributed by atoms with E-state index in [-0.39, 0.29) is 11.4 Å². The Bertz CT molecular complexity index is 415. The van der Waals surface area contributed by atoms with E-state index in [0.717, 1.165) is 0 Å². The van der Waals surface area contributed by atoms with Crippen LogP contribution in [-0.2, 0) is 16.0 Å². The molecule has 1 heterocycles. The Labute approximate surface area is 109 Å². The SMILES string of the molecule is COC(=O)Cc1cc(Cl)c(C(F)F)nc1I. The highest BCUT2D eigenvalue weighted by molar-refractivity contribution is 14.1. The molecule has 0 radical (unpaired) electrons. The van der Waals surface area contributed by atoms with Crippen LogP contribution >= 0.6 is 34.2 Å². The number of esters is 1. The van der Waals surface area contributed by atoms with Crippen LogP contribution in [0, 0.1) is 3.70 Å². The van der Waals surface area contributed by atoms with E-state index >= 15 is 0 Å². The van der Waals surface area contributed by atoms with Crippen LogP contribution in [0.4, 0.5) is 8.78 Å². The average molecular weight is 362 g/mol. The molecule has 0 aliphatic heterocycles. The first-order valence-electron chi connectivity index (χ1n) is 4.15. The topological polar surface area (TPSA) is 39.2 Å². The Kier molecular flexibility index (Phi) is 4.85. The van der Waals surface area contributed by atoms with Gasteiger partial charge in [-0.15, -0.1) is 0 Å². The molecule has 0 saturated carbocycles. The first kappa shape index (κ1) is 13.6. The molecule has 1 aromatic rings. The molecule has 0 spiro atoms. The number of pyridine rings is 1. The average Bonchev–Trinajstić information content (AvgIpc) is 2.22. The van der Waals surface area contributed by atoms with E-state index in [1.807, 2.05) is 0 Å². The molecule has 0 saturated heterocycles. The monoisotopic (exact) mass is 361 g/mol. The lowest BCUT2D eigenvalue weighted by atomic mass is 10.2. The van der Waals surface area contributed by atoms with Gasteiger partial charge in [-0.25, -0.2) is 13.8 Å². The molecule has 1 rings (SSSR count). The van der Waals surface area contributed by atoms with Gasteiger partial charge in [0.1, 0.15) is 9.39 Å². The summed E-state index contributed by atoms with van der Waals surface area (Å²) in [6.45, 7) is 0. The second-order valence-electron chi connectivity index (χ2n) is 2.86. The molecule has 0 atom stereocenters. The first-order chi connectivity index (χ1) is 7.45. The Morgan fingerprint density at radius 3 is 2.81 bits per heavy atom. The van der Waals surface area contributed by atoms with Crippen molar-refractivity contribution in [2.75, 3.05) is 7.11 Å². The second-order valence-corrected chi connectivity index (χ2v) is 4.29. The van der Waals surface area contributed by atoms with Crippen molar-refractivity contribution in [3.8, 4) is 0 Å². The number of hydrogen-bond donors (Lipinski definition) is 0. The number of halogens is 4. The van der Waals surface area contributed by atoms with E-state index in [1.165, 1.54) is 13.2 Å². The van der Waals surface area contributed by atoms with Crippen molar-refractivity contribution in [2.45, 2.75) is 12.8 Å². The Balaban J connectivity index is 3.05. The van der Waals surface area contributed by atoms with Gasteiger partial charge >= 0.3 is 5.97 Å². The molecular formula is C9H7ClF2INO2. The zero-order valence-electron chi connectivity index (χ0n) is 8.14. The Hall–Kier alpha value is -0.500. The normalized spacial score (nSPS) is 10.6. The first-order valence-corrected chi connectivity index (χ1v) is 5.61. The summed E-state index contributed by atoms with van der Waals surface area (Å²) in [7, 11) is 1.25. The molecule has 7 heteroatoms. The molecule has 0 aromatic carbocycles. The highest BCUT2D eigenvalue weighted by Crippen LogP contribution is 2.27. The summed E-state index contributed by atoms with van der Waals surface area (Å²) in [5, 5.41) is -0.144. The number of aromatic nitrogens is 1. The number of hydrogen-bond acceptors (Lipinski definition) is 3. The third-order valence-electron chi connectivity index (χ3n) is 1.80. The van der Waals surface area contributed by atoms with E-state index in [0.29, 0.717) is 9.26 Å². The highest BCUT2D eigenvalue weighted by Gasteiger charge is 2.18. The van der Waals surface area contributed by atoms with Crippen molar-refractivity contribution < 1.29 is 18.3 Å². The van der Waals surface area contributed by atoms with Gasteiger partial charge in [0.15, 0.2) is 0 Å². The van der Waals surface area contributed by atoms with Gasteiger partial charge in [-0.2, -0.15) is 0 Å². The van der Waals surface area contributed by atoms with Crippen molar-refractivity contribution >= 4 is 40.2 Å². The molecule has 0 fully saturated rings. The highest BCUT2D eigenvalue weighted by atomic mass is 127. The van der Waals surface area contributed by atoms with Crippen LogP contribution < -0.4 is 0 Å². The molecule has 3 nitrogen and oxygen atoms in total. The fourth-order valence-electron chi connectivity index (χ4n) is 1.02. The van der Waals surface area contributed by atoms with Gasteiger partial charge in [-0.05, 0) is 34.2 Å². The Morgan fingerprint density at radius 2 is 2.31 bits per heavy atom. The number of methoxy groups -OCH3 is 1. The molecule has 16 heavy (non-hydrogen) atoms. The van der Waals surface area contributed by atoms with Gasteiger partial charge in [-0.1, -0.05) is 11.6 Å². The molecule has 88 valence electrons. The lowest BCUT2D eigenvalue weighted by molar-refractivity contribution is -0.139. The standard InChI is InChI=1S/C9H7ClF2INO2/c1-16-6(15)3-4-2-5(10)7(8(11)12)14-9(4)13/h2,8H,3H2,1H3. The van der Waals surface area contributed by atoms with Gasteiger partial charge < -0.3 is 4.74 Å². The summed E-state index contributed by atoms with van der Waals surface area (Å²) >= 11 is 7.40. The second kappa shape index (κ2) is 5.72. The summed E-state index contributed by atoms with van der Waals surface area (Å²) in [5.41, 5.74) is 0.00142. The summed E-state index contributed by atoms with van der Waals surface area (Å²) in [6, 6.07) is 1.31. The molecule has 0 N–H and O–H groups in total. The fourth-order valence-corrected chi connectivity index (χ4v) is 1.88. The number of ether oxygens (including phenoxy) is 1. The van der Waals surface area contributed by atoms with Gasteiger partial charge in [0.25, 0.3) is 6.43 Å². The minimum absolute atomic E-state index is 0.0367. The molecule has 0 aliphatic carbocycles. The quantitative estimate of drug-likeness (QED) is 0.472. The maximum absolute atomic E-state index is 12.4. The third-order valence-corrected chi connectivity index (χ3v) is 3.04. The van der Waals surface area contributed by atoms with E-state index in [4.69, 9.17) is 11.6 Å². The van der Waals surface area contributed by atoms with Crippen LogP contribution in [-0.4, -0.2) is 18.1 Å². The van der Waals surface area contributed by atoms with E-state index in [2.05, 4.69) is 9.72 Å². The van der Waals surface area contributed by atoms with Crippen molar-refractivity contribution in [3.63, 3.8) is 0 Å². The van der Waals surface area contributed by atoms with Crippen molar-refractivity contribution in [1.82, 2.24) is 4.98 Å². The predicted molar refractivity (Wildman–Crippen MR) is 62.6 cm³/mol. The zero-order valence-corrected chi connectivity index (χ0v) is 11.1. The van der Waals surface area contributed by atoms with E-state index in [9.17, 15) is 13.6 Å². The summed E-state index contributed by atoms with van der Waals surface area (Å²) < 4.78 is 29.6. The molecule has 0 bridgehead atoms. The number of carbonyl (C=O) groups is 1. The van der Waals surface area contributed by atoms with Crippen LogP contribution in [0.25, 0.3) is 0 Å². The molecule has 0 aliphatic rings. The van der Waals surface area contributed by atoms with E-state index in [1.54, 1.807) is 22.6 Å². The Morgan fingerprint density at radius 1 is 1.69 bits per heavy atom. The maximum atomic E-state index is 12.4. The van der Waals surface area contributed by atoms with E-state index < -0.39 is 18.1 Å². The predicted octanol–water partition coefficient (Wildman–Crippen LogP) is 2.99. The molecule has 0 unspecified atom stereocenters. The lowest BCUT2D eigenvalue weighted by Crippen LogP contribution is -2.08. The van der Waals surface area contributed by atoms with Crippen molar-refractivity contribution in [3.05, 3.63) is 26.0 Å². The summed E-state index contributed by atoms with van der Waals surface area (Å²) in [5.74, 6) is -0.472. The molecular weight excluding hydrogens is 354 g/mol. The number of nitrogens with zero attached hydrogens (tertiary/aromatic N) is 1. The lowest BCUT2D eigenvalue weighted by Gasteiger charge is -2.07. The zero-order chi connectivity index (χ0) is 12.3. The molecule has 0 amide bonds. The summed E-state index contributed by atoms with van der Waals surface area (Å²) in [6.07, 6.45) is -2.77. The number of alkyl halides is 2. The largest absolute Gasteiger partial charge is 0.469 e. The van der Waals surface area contributed by atoms with Gasteiger partial charge in [0.05, 0.1) is 18.6 Å².